The number of fused-ring (bicyclic) bond motifs is 1. The monoisotopic (exact) mass is 388 g/mol. The molecule has 5 nitrogen and oxygen atoms in total. The first-order chi connectivity index (χ1) is 12.3. The number of nitrogens with zero attached hydrogens (tertiary/aromatic N) is 2. The summed E-state index contributed by atoms with van der Waals surface area (Å²) in [7, 11) is -1.49. The average molecular weight is 389 g/mol. The van der Waals surface area contributed by atoms with Crippen molar-refractivity contribution >= 4 is 37.3 Å². The molecule has 0 bridgehead atoms. The fraction of sp³-hybridized carbons (Fsp3) is 0.263. The maximum atomic E-state index is 12.2. The Labute approximate surface area is 156 Å². The molecule has 0 aliphatic rings. The van der Waals surface area contributed by atoms with Crippen LogP contribution in [-0.4, -0.2) is 24.6 Å². The summed E-state index contributed by atoms with van der Waals surface area (Å²) < 4.78 is 27.3. The topological polar surface area (TPSA) is 68.5 Å². The number of aryl methyl sites for hydroxylation is 2. The predicted octanol–water partition coefficient (Wildman–Crippen LogP) is 2.98. The lowest BCUT2D eigenvalue weighted by molar-refractivity contribution is -0.117. The van der Waals surface area contributed by atoms with Gasteiger partial charge in [0.2, 0.25) is 5.91 Å². The highest BCUT2D eigenvalue weighted by Gasteiger charge is 2.14. The molecule has 0 aliphatic heterocycles. The van der Waals surface area contributed by atoms with E-state index >= 15 is 0 Å². The zero-order valence-corrected chi connectivity index (χ0v) is 16.3. The van der Waals surface area contributed by atoms with Gasteiger partial charge in [-0.2, -0.15) is 4.99 Å². The minimum Gasteiger partial charge on any atom is -0.319 e. The van der Waals surface area contributed by atoms with Crippen molar-refractivity contribution in [2.75, 3.05) is 5.75 Å². The van der Waals surface area contributed by atoms with E-state index in [0.717, 1.165) is 21.3 Å². The van der Waals surface area contributed by atoms with Gasteiger partial charge in [0.15, 0.2) is 14.6 Å². The second-order valence-electron chi connectivity index (χ2n) is 6.25. The quantitative estimate of drug-likeness (QED) is 0.675. The van der Waals surface area contributed by atoms with E-state index in [2.05, 4.69) is 4.99 Å². The summed E-state index contributed by atoms with van der Waals surface area (Å²) in [4.78, 5) is 16.9. The maximum Gasteiger partial charge on any atom is 0.249 e. The number of benzene rings is 2. The summed E-state index contributed by atoms with van der Waals surface area (Å²) in [5, 5.41) is 0. The van der Waals surface area contributed by atoms with E-state index in [0.29, 0.717) is 4.80 Å². The molecule has 7 heteroatoms. The molecule has 0 unspecified atom stereocenters. The first-order valence-corrected chi connectivity index (χ1v) is 10.9. The van der Waals surface area contributed by atoms with Gasteiger partial charge in [-0.05, 0) is 30.2 Å². The number of amides is 1. The molecule has 1 amide bonds. The first kappa shape index (κ1) is 18.5. The summed E-state index contributed by atoms with van der Waals surface area (Å²) in [6, 6.07) is 15.0. The molecule has 0 aliphatic carbocycles. The van der Waals surface area contributed by atoms with Gasteiger partial charge >= 0.3 is 0 Å². The van der Waals surface area contributed by atoms with Crippen LogP contribution in [0.25, 0.3) is 10.2 Å². The Hall–Kier alpha value is -2.25. The van der Waals surface area contributed by atoms with Gasteiger partial charge in [0.05, 0.1) is 21.7 Å². The Kier molecular flexibility index (Phi) is 5.38. The molecule has 26 heavy (non-hydrogen) atoms. The van der Waals surface area contributed by atoms with Gasteiger partial charge in [-0.15, -0.1) is 0 Å². The minimum absolute atomic E-state index is 0.0585. The first-order valence-electron chi connectivity index (χ1n) is 8.22. The third kappa shape index (κ3) is 4.47. The Morgan fingerprint density at radius 1 is 1.15 bits per heavy atom. The highest BCUT2D eigenvalue weighted by atomic mass is 32.2. The lowest BCUT2D eigenvalue weighted by Gasteiger charge is -2.02. The molecule has 0 spiro atoms. The van der Waals surface area contributed by atoms with Crippen molar-refractivity contribution < 1.29 is 13.2 Å². The zero-order chi connectivity index (χ0) is 18.7. The van der Waals surface area contributed by atoms with Crippen LogP contribution in [0, 0.1) is 6.92 Å². The van der Waals surface area contributed by atoms with Crippen LogP contribution in [0.15, 0.2) is 53.5 Å². The van der Waals surface area contributed by atoms with Crippen molar-refractivity contribution in [3.8, 4) is 0 Å². The number of hydrogen-bond acceptors (Lipinski definition) is 4. The highest BCUT2D eigenvalue weighted by Crippen LogP contribution is 2.17. The van der Waals surface area contributed by atoms with Gasteiger partial charge in [0.1, 0.15) is 0 Å². The fourth-order valence-corrected chi connectivity index (χ4v) is 5.12. The number of aromatic nitrogens is 1. The van der Waals surface area contributed by atoms with E-state index in [-0.39, 0.29) is 17.9 Å². The van der Waals surface area contributed by atoms with E-state index in [1.54, 1.807) is 24.3 Å². The number of carbonyl (C=O) groups is 1. The largest absolute Gasteiger partial charge is 0.319 e. The Bertz CT molecular complexity index is 1110. The molecule has 136 valence electrons. The van der Waals surface area contributed by atoms with Crippen LogP contribution in [0.4, 0.5) is 0 Å². The van der Waals surface area contributed by atoms with Gasteiger partial charge in [-0.1, -0.05) is 47.7 Å². The molecule has 0 N–H and O–H groups in total. The van der Waals surface area contributed by atoms with Gasteiger partial charge in [-0.25, -0.2) is 8.42 Å². The average Bonchev–Trinajstić information content (AvgIpc) is 2.89. The number of carbonyl (C=O) groups excluding carboxylic acids is 1. The summed E-state index contributed by atoms with van der Waals surface area (Å²) in [6.45, 7) is 2.01. The van der Waals surface area contributed by atoms with Crippen molar-refractivity contribution in [2.24, 2.45) is 12.0 Å². The second kappa shape index (κ2) is 7.55. The molecule has 0 saturated heterocycles. The molecule has 3 aromatic rings. The molecule has 0 radical (unpaired) electrons. The smallest absolute Gasteiger partial charge is 0.249 e. The minimum atomic E-state index is -3.35. The molecule has 0 fully saturated rings. The SMILES string of the molecule is Cc1ccc2c(c1)sc(=NC(=O)CCS(=O)(=O)Cc1ccccc1)n2C. The van der Waals surface area contributed by atoms with Gasteiger partial charge in [0, 0.05) is 13.5 Å². The third-order valence-corrected chi connectivity index (χ3v) is 6.74. The Morgan fingerprint density at radius 3 is 2.62 bits per heavy atom. The third-order valence-electron chi connectivity index (χ3n) is 4.04. The molecular weight excluding hydrogens is 368 g/mol. The molecule has 0 saturated carbocycles. The Morgan fingerprint density at radius 2 is 1.88 bits per heavy atom. The molecule has 2 aromatic carbocycles. The van der Waals surface area contributed by atoms with Crippen molar-refractivity contribution in [3.63, 3.8) is 0 Å². The Balaban J connectivity index is 1.72. The van der Waals surface area contributed by atoms with Crippen LogP contribution in [0.5, 0.6) is 0 Å². The van der Waals surface area contributed by atoms with Crippen LogP contribution >= 0.6 is 11.3 Å². The fourth-order valence-electron chi connectivity index (χ4n) is 2.65. The lowest BCUT2D eigenvalue weighted by Crippen LogP contribution is -2.16. The van der Waals surface area contributed by atoms with Crippen molar-refractivity contribution in [1.29, 1.82) is 0 Å². The van der Waals surface area contributed by atoms with Gasteiger partial charge < -0.3 is 4.57 Å². The molecule has 0 atom stereocenters. The molecular formula is C19H20N2O3S2. The molecule has 1 aromatic heterocycles. The van der Waals surface area contributed by atoms with Crippen LogP contribution in [0.1, 0.15) is 17.5 Å². The van der Waals surface area contributed by atoms with Crippen LogP contribution in [-0.2, 0) is 27.4 Å². The van der Waals surface area contributed by atoms with Crippen molar-refractivity contribution in [2.45, 2.75) is 19.1 Å². The van der Waals surface area contributed by atoms with E-state index in [1.807, 2.05) is 42.8 Å². The van der Waals surface area contributed by atoms with Crippen LogP contribution < -0.4 is 4.80 Å². The maximum absolute atomic E-state index is 12.2. The number of thiazole rings is 1. The molecule has 3 rings (SSSR count). The van der Waals surface area contributed by atoms with E-state index in [4.69, 9.17) is 0 Å². The lowest BCUT2D eigenvalue weighted by atomic mass is 10.2. The van der Waals surface area contributed by atoms with Crippen molar-refractivity contribution in [1.82, 2.24) is 4.57 Å². The summed E-state index contributed by atoms with van der Waals surface area (Å²) in [5.74, 6) is -0.671. The zero-order valence-electron chi connectivity index (χ0n) is 14.7. The standard InChI is InChI=1S/C19H20N2O3S2/c1-14-8-9-16-17(12-14)25-19(21(16)2)20-18(22)10-11-26(23,24)13-15-6-4-3-5-7-15/h3-9,12H,10-11,13H2,1-2H3. The number of hydrogen-bond donors (Lipinski definition) is 0. The summed E-state index contributed by atoms with van der Waals surface area (Å²) in [6.07, 6.45) is -0.109. The summed E-state index contributed by atoms with van der Waals surface area (Å²) in [5.41, 5.74) is 2.87. The van der Waals surface area contributed by atoms with Crippen molar-refractivity contribution in [3.05, 3.63) is 64.5 Å². The second-order valence-corrected chi connectivity index (χ2v) is 9.44. The van der Waals surface area contributed by atoms with E-state index < -0.39 is 15.7 Å². The number of sulfone groups is 1. The normalized spacial score (nSPS) is 12.6. The molecule has 1 heterocycles. The summed E-state index contributed by atoms with van der Waals surface area (Å²) >= 11 is 1.43. The van der Waals surface area contributed by atoms with Gasteiger partial charge in [0.25, 0.3) is 0 Å². The van der Waals surface area contributed by atoms with Gasteiger partial charge in [-0.3, -0.25) is 4.79 Å². The van der Waals surface area contributed by atoms with E-state index in [1.165, 1.54) is 11.3 Å². The predicted molar refractivity (Wildman–Crippen MR) is 105 cm³/mol. The van der Waals surface area contributed by atoms with E-state index in [9.17, 15) is 13.2 Å². The highest BCUT2D eigenvalue weighted by molar-refractivity contribution is 7.90. The van der Waals surface area contributed by atoms with Crippen LogP contribution in [0.2, 0.25) is 0 Å². The van der Waals surface area contributed by atoms with Crippen LogP contribution in [0.3, 0.4) is 0 Å². The number of rotatable bonds is 5.